The van der Waals surface area contributed by atoms with Gasteiger partial charge in [0.05, 0.1) is 19.3 Å². The smallest absolute Gasteiger partial charge is 0.344 e. The summed E-state index contributed by atoms with van der Waals surface area (Å²) in [4.78, 5) is 35.9. The zero-order chi connectivity index (χ0) is 21.6. The van der Waals surface area contributed by atoms with Crippen LogP contribution in [-0.2, 0) is 25.5 Å². The maximum atomic E-state index is 12.3. The summed E-state index contributed by atoms with van der Waals surface area (Å²) in [5.74, 6) is -1.14. The van der Waals surface area contributed by atoms with Gasteiger partial charge in [-0.2, -0.15) is 0 Å². The highest BCUT2D eigenvalue weighted by molar-refractivity contribution is 5.93. The molecule has 0 aliphatic carbocycles. The molecule has 0 bridgehead atoms. The Bertz CT molecular complexity index is 677. The Hall–Kier alpha value is -2.61. The van der Waals surface area contributed by atoms with Crippen LogP contribution in [0, 0.1) is 0 Å². The van der Waals surface area contributed by atoms with E-state index in [4.69, 9.17) is 19.9 Å². The number of unbranched alkanes of at least 4 members (excludes halogenated alkanes) is 2. The van der Waals surface area contributed by atoms with Crippen molar-refractivity contribution in [2.45, 2.75) is 52.5 Å². The quantitative estimate of drug-likeness (QED) is 0.378. The lowest BCUT2D eigenvalue weighted by molar-refractivity contribution is -0.145. The van der Waals surface area contributed by atoms with Crippen molar-refractivity contribution in [3.8, 4) is 5.75 Å². The number of nitrogens with one attached hydrogen (secondary N) is 1. The van der Waals surface area contributed by atoms with Crippen LogP contribution in [0.1, 0.15) is 56.0 Å². The molecule has 0 radical (unpaired) electrons. The number of rotatable bonds is 13. The molecular formula is C21H32N2O6. The number of ether oxygens (including phenoxy) is 3. The lowest BCUT2D eigenvalue weighted by Gasteiger charge is -2.15. The van der Waals surface area contributed by atoms with Crippen molar-refractivity contribution in [3.05, 3.63) is 29.3 Å². The van der Waals surface area contributed by atoms with Gasteiger partial charge >= 0.3 is 11.9 Å². The van der Waals surface area contributed by atoms with E-state index < -0.39 is 18.0 Å². The minimum Gasteiger partial charge on any atom is -0.481 e. The van der Waals surface area contributed by atoms with Crippen molar-refractivity contribution in [3.63, 3.8) is 0 Å². The molecule has 0 spiro atoms. The van der Waals surface area contributed by atoms with E-state index in [2.05, 4.69) is 12.2 Å². The van der Waals surface area contributed by atoms with Crippen LogP contribution in [0.15, 0.2) is 18.2 Å². The summed E-state index contributed by atoms with van der Waals surface area (Å²) in [5, 5.41) is 2.82. The highest BCUT2D eigenvalue weighted by Gasteiger charge is 2.19. The molecule has 0 unspecified atom stereocenters. The van der Waals surface area contributed by atoms with Crippen molar-refractivity contribution in [1.82, 2.24) is 5.32 Å². The normalized spacial score (nSPS) is 11.4. The summed E-state index contributed by atoms with van der Waals surface area (Å²) in [6, 6.07) is 4.10. The molecule has 1 amide bonds. The molecule has 0 aromatic heterocycles. The van der Waals surface area contributed by atoms with Gasteiger partial charge in [-0.15, -0.1) is 0 Å². The molecule has 0 saturated carbocycles. The van der Waals surface area contributed by atoms with Gasteiger partial charge in [0.25, 0.3) is 0 Å². The van der Waals surface area contributed by atoms with Gasteiger partial charge in [-0.25, -0.2) is 9.59 Å². The Morgan fingerprint density at radius 1 is 1.07 bits per heavy atom. The fraction of sp³-hybridized carbons (Fsp3) is 0.571. The molecule has 1 atom stereocenters. The van der Waals surface area contributed by atoms with Crippen LogP contribution in [0.4, 0.5) is 0 Å². The number of amides is 1. The summed E-state index contributed by atoms with van der Waals surface area (Å²) in [6.45, 7) is 6.19. The molecule has 8 nitrogen and oxygen atoms in total. The minimum atomic E-state index is -0.738. The summed E-state index contributed by atoms with van der Waals surface area (Å²) >= 11 is 0. The standard InChI is InChI=1S/C21H32N2O6/c1-4-7-8-11-23-20(25)17(22)13-15-9-10-18(29-14-19(24)27-5-2)16(12-15)21(26)28-6-3/h9-10,12,17H,4-8,11,13-14,22H2,1-3H3,(H,23,25)/t17-/m0/s1. The lowest BCUT2D eigenvalue weighted by atomic mass is 10.0. The molecule has 1 aromatic rings. The van der Waals surface area contributed by atoms with E-state index in [0.29, 0.717) is 12.1 Å². The Labute approximate surface area is 172 Å². The Kier molecular flexibility index (Phi) is 11.4. The highest BCUT2D eigenvalue weighted by atomic mass is 16.6. The predicted molar refractivity (Wildman–Crippen MR) is 109 cm³/mol. The van der Waals surface area contributed by atoms with Crippen molar-refractivity contribution in [2.75, 3.05) is 26.4 Å². The van der Waals surface area contributed by atoms with E-state index in [-0.39, 0.29) is 43.5 Å². The molecule has 3 N–H and O–H groups in total. The van der Waals surface area contributed by atoms with E-state index in [1.807, 2.05) is 0 Å². The maximum absolute atomic E-state index is 12.3. The van der Waals surface area contributed by atoms with Gasteiger partial charge in [0.2, 0.25) is 5.91 Å². The van der Waals surface area contributed by atoms with E-state index >= 15 is 0 Å². The van der Waals surface area contributed by atoms with Crippen LogP contribution in [0.25, 0.3) is 0 Å². The van der Waals surface area contributed by atoms with E-state index in [9.17, 15) is 14.4 Å². The van der Waals surface area contributed by atoms with Crippen LogP contribution in [0.2, 0.25) is 0 Å². The summed E-state index contributed by atoms with van der Waals surface area (Å²) in [7, 11) is 0. The topological polar surface area (TPSA) is 117 Å². The number of carbonyl (C=O) groups excluding carboxylic acids is 3. The summed E-state index contributed by atoms with van der Waals surface area (Å²) in [6.07, 6.45) is 3.29. The first-order valence-corrected chi connectivity index (χ1v) is 10.0. The van der Waals surface area contributed by atoms with Crippen LogP contribution in [0.5, 0.6) is 5.75 Å². The van der Waals surface area contributed by atoms with E-state index in [1.165, 1.54) is 0 Å². The molecule has 0 aliphatic heterocycles. The number of hydrogen-bond donors (Lipinski definition) is 2. The molecule has 0 saturated heterocycles. The number of carbonyl (C=O) groups is 3. The zero-order valence-corrected chi connectivity index (χ0v) is 17.5. The fourth-order valence-electron chi connectivity index (χ4n) is 2.60. The molecule has 0 heterocycles. The molecule has 29 heavy (non-hydrogen) atoms. The number of benzene rings is 1. The van der Waals surface area contributed by atoms with Crippen LogP contribution in [0.3, 0.4) is 0 Å². The summed E-state index contributed by atoms with van der Waals surface area (Å²) < 4.78 is 15.3. The fourth-order valence-corrected chi connectivity index (χ4v) is 2.60. The average Bonchev–Trinajstić information content (AvgIpc) is 2.70. The monoisotopic (exact) mass is 408 g/mol. The third-order valence-electron chi connectivity index (χ3n) is 4.06. The third kappa shape index (κ3) is 8.95. The number of nitrogens with two attached hydrogens (primary N) is 1. The van der Waals surface area contributed by atoms with Crippen molar-refractivity contribution in [2.24, 2.45) is 5.73 Å². The van der Waals surface area contributed by atoms with Gasteiger partial charge in [-0.05, 0) is 44.4 Å². The largest absolute Gasteiger partial charge is 0.481 e. The first-order chi connectivity index (χ1) is 13.9. The zero-order valence-electron chi connectivity index (χ0n) is 17.5. The van der Waals surface area contributed by atoms with Gasteiger partial charge in [-0.3, -0.25) is 4.79 Å². The van der Waals surface area contributed by atoms with Crippen LogP contribution >= 0.6 is 0 Å². The highest BCUT2D eigenvalue weighted by Crippen LogP contribution is 2.22. The Balaban J connectivity index is 2.82. The molecule has 8 heteroatoms. The second-order valence-corrected chi connectivity index (χ2v) is 6.45. The van der Waals surface area contributed by atoms with Gasteiger partial charge in [0.15, 0.2) is 6.61 Å². The minimum absolute atomic E-state index is 0.171. The van der Waals surface area contributed by atoms with Crippen molar-refractivity contribution < 1.29 is 28.6 Å². The van der Waals surface area contributed by atoms with Crippen LogP contribution in [-0.4, -0.2) is 50.3 Å². The van der Waals surface area contributed by atoms with E-state index in [0.717, 1.165) is 19.3 Å². The van der Waals surface area contributed by atoms with Gasteiger partial charge < -0.3 is 25.3 Å². The van der Waals surface area contributed by atoms with E-state index in [1.54, 1.807) is 32.0 Å². The maximum Gasteiger partial charge on any atom is 0.344 e. The molecule has 162 valence electrons. The second kappa shape index (κ2) is 13.5. The molecule has 1 aromatic carbocycles. The van der Waals surface area contributed by atoms with Gasteiger partial charge in [0, 0.05) is 6.54 Å². The SMILES string of the molecule is CCCCCNC(=O)[C@@H](N)Cc1ccc(OCC(=O)OCC)c(C(=O)OCC)c1. The van der Waals surface area contributed by atoms with Gasteiger partial charge in [0.1, 0.15) is 11.3 Å². The second-order valence-electron chi connectivity index (χ2n) is 6.45. The third-order valence-corrected chi connectivity index (χ3v) is 4.06. The first-order valence-electron chi connectivity index (χ1n) is 10.0. The summed E-state index contributed by atoms with van der Waals surface area (Å²) in [5.41, 5.74) is 6.86. The van der Waals surface area contributed by atoms with Crippen molar-refractivity contribution in [1.29, 1.82) is 0 Å². The molecular weight excluding hydrogens is 376 g/mol. The predicted octanol–water partition coefficient (Wildman–Crippen LogP) is 1.98. The van der Waals surface area contributed by atoms with Crippen molar-refractivity contribution >= 4 is 17.8 Å². The lowest BCUT2D eigenvalue weighted by Crippen LogP contribution is -2.42. The Morgan fingerprint density at radius 3 is 2.45 bits per heavy atom. The molecule has 1 rings (SSSR count). The number of esters is 2. The molecule has 0 fully saturated rings. The Morgan fingerprint density at radius 2 is 1.79 bits per heavy atom. The average molecular weight is 408 g/mol. The first kappa shape index (κ1) is 24.4. The number of hydrogen-bond acceptors (Lipinski definition) is 7. The van der Waals surface area contributed by atoms with Crippen LogP contribution < -0.4 is 15.8 Å². The molecule has 0 aliphatic rings. The van der Waals surface area contributed by atoms with Gasteiger partial charge in [-0.1, -0.05) is 25.8 Å².